The van der Waals surface area contributed by atoms with Gasteiger partial charge in [0, 0.05) is 6.20 Å². The summed E-state index contributed by atoms with van der Waals surface area (Å²) in [4.78, 5) is 9.04. The third-order valence-electron chi connectivity index (χ3n) is 3.07. The summed E-state index contributed by atoms with van der Waals surface area (Å²) in [7, 11) is 0. The van der Waals surface area contributed by atoms with Gasteiger partial charge in [-0.2, -0.15) is 0 Å². The lowest BCUT2D eigenvalue weighted by Gasteiger charge is -2.23. The van der Waals surface area contributed by atoms with E-state index in [1.807, 2.05) is 30.1 Å². The molecule has 0 radical (unpaired) electrons. The second-order valence-corrected chi connectivity index (χ2v) is 5.48. The Kier molecular flexibility index (Phi) is 2.59. The van der Waals surface area contributed by atoms with Gasteiger partial charge in [-0.15, -0.1) is 11.8 Å². The number of nitrogens with zero attached hydrogens (tertiary/aromatic N) is 3. The molecule has 2 aromatic rings. The van der Waals surface area contributed by atoms with Crippen LogP contribution >= 0.6 is 11.8 Å². The fourth-order valence-corrected chi connectivity index (χ4v) is 3.69. The summed E-state index contributed by atoms with van der Waals surface area (Å²) in [5, 5.41) is 0.536. The maximum absolute atomic E-state index is 4.58. The van der Waals surface area contributed by atoms with Crippen LogP contribution in [0.4, 0.5) is 0 Å². The smallest absolute Gasteiger partial charge is 0.160 e. The van der Waals surface area contributed by atoms with E-state index in [1.54, 1.807) is 0 Å². The quantitative estimate of drug-likeness (QED) is 0.758. The van der Waals surface area contributed by atoms with E-state index in [0.717, 1.165) is 17.0 Å². The monoisotopic (exact) mass is 233 g/mol. The molecule has 1 aliphatic rings. The zero-order valence-corrected chi connectivity index (χ0v) is 10.2. The van der Waals surface area contributed by atoms with Gasteiger partial charge in [0.1, 0.15) is 11.3 Å². The van der Waals surface area contributed by atoms with Crippen molar-refractivity contribution < 1.29 is 0 Å². The van der Waals surface area contributed by atoms with Gasteiger partial charge in [0.15, 0.2) is 5.65 Å². The molecule has 0 spiro atoms. The molecule has 0 saturated carbocycles. The first kappa shape index (κ1) is 10.1. The molecule has 3 rings (SSSR count). The van der Waals surface area contributed by atoms with E-state index >= 15 is 0 Å². The van der Waals surface area contributed by atoms with Crippen molar-refractivity contribution in [3.8, 4) is 0 Å². The Hall–Kier alpha value is -1.03. The first-order valence-corrected chi connectivity index (χ1v) is 6.82. The van der Waals surface area contributed by atoms with Gasteiger partial charge < -0.3 is 4.57 Å². The Morgan fingerprint density at radius 1 is 1.44 bits per heavy atom. The van der Waals surface area contributed by atoms with Crippen molar-refractivity contribution in [3.05, 3.63) is 24.2 Å². The van der Waals surface area contributed by atoms with Crippen LogP contribution in [-0.2, 0) is 0 Å². The third-order valence-corrected chi connectivity index (χ3v) is 4.42. The summed E-state index contributed by atoms with van der Waals surface area (Å²) in [5.74, 6) is 2.35. The van der Waals surface area contributed by atoms with E-state index in [1.165, 1.54) is 25.0 Å². The van der Waals surface area contributed by atoms with Crippen molar-refractivity contribution in [2.45, 2.75) is 31.6 Å². The lowest BCUT2D eigenvalue weighted by molar-refractivity contribution is 0.567. The predicted octanol–water partition coefficient (Wildman–Crippen LogP) is 3.16. The molecular formula is C12H15N3S. The highest BCUT2D eigenvalue weighted by Crippen LogP contribution is 2.36. The molecule has 0 bridgehead atoms. The normalized spacial score (nSPS) is 21.4. The molecule has 1 fully saturated rings. The van der Waals surface area contributed by atoms with Crippen LogP contribution in [0.1, 0.15) is 30.5 Å². The average Bonchev–Trinajstić information content (AvgIpc) is 2.66. The first-order valence-electron chi connectivity index (χ1n) is 5.77. The minimum Gasteiger partial charge on any atom is -0.300 e. The topological polar surface area (TPSA) is 30.7 Å². The maximum Gasteiger partial charge on any atom is 0.160 e. The van der Waals surface area contributed by atoms with Crippen LogP contribution < -0.4 is 0 Å². The summed E-state index contributed by atoms with van der Waals surface area (Å²) in [6.45, 7) is 2.08. The number of pyridine rings is 1. The molecule has 3 nitrogen and oxygen atoms in total. The molecule has 4 heteroatoms. The van der Waals surface area contributed by atoms with Crippen molar-refractivity contribution in [2.75, 3.05) is 5.75 Å². The highest BCUT2D eigenvalue weighted by Gasteiger charge is 2.20. The number of fused-ring (bicyclic) bond motifs is 1. The maximum atomic E-state index is 4.58. The molecule has 0 N–H and O–H groups in total. The minimum atomic E-state index is 0.536. The van der Waals surface area contributed by atoms with Gasteiger partial charge in [-0.1, -0.05) is 0 Å². The van der Waals surface area contributed by atoms with E-state index < -0.39 is 0 Å². The Bertz CT molecular complexity index is 500. The average molecular weight is 233 g/mol. The Balaban J connectivity index is 2.10. The lowest BCUT2D eigenvalue weighted by Crippen LogP contribution is -2.12. The van der Waals surface area contributed by atoms with Crippen molar-refractivity contribution in [2.24, 2.45) is 0 Å². The zero-order chi connectivity index (χ0) is 11.0. The second-order valence-electron chi connectivity index (χ2n) is 4.20. The zero-order valence-electron chi connectivity index (χ0n) is 9.39. The molecule has 0 amide bonds. The number of rotatable bonds is 1. The summed E-state index contributed by atoms with van der Waals surface area (Å²) >= 11 is 2.03. The van der Waals surface area contributed by atoms with Crippen LogP contribution in [0.15, 0.2) is 18.3 Å². The number of imidazole rings is 1. The molecule has 0 aliphatic carbocycles. The summed E-state index contributed by atoms with van der Waals surface area (Å²) in [6, 6.07) is 3.99. The van der Waals surface area contributed by atoms with Gasteiger partial charge >= 0.3 is 0 Å². The van der Waals surface area contributed by atoms with Crippen molar-refractivity contribution in [1.29, 1.82) is 0 Å². The Morgan fingerprint density at radius 2 is 2.38 bits per heavy atom. The second kappa shape index (κ2) is 4.09. The van der Waals surface area contributed by atoms with Crippen LogP contribution in [0.25, 0.3) is 11.2 Å². The number of aromatic nitrogens is 3. The Labute approximate surface area is 99.3 Å². The molecule has 2 aromatic heterocycles. The van der Waals surface area contributed by atoms with Crippen LogP contribution in [-0.4, -0.2) is 20.3 Å². The van der Waals surface area contributed by atoms with Crippen LogP contribution in [0, 0.1) is 6.92 Å². The molecule has 1 saturated heterocycles. The predicted molar refractivity (Wildman–Crippen MR) is 67.6 cm³/mol. The van der Waals surface area contributed by atoms with Crippen LogP contribution in [0.5, 0.6) is 0 Å². The fourth-order valence-electron chi connectivity index (χ4n) is 2.31. The molecule has 0 aromatic carbocycles. The van der Waals surface area contributed by atoms with Gasteiger partial charge in [0.2, 0.25) is 0 Å². The fraction of sp³-hybridized carbons (Fsp3) is 0.500. The SMILES string of the molecule is Cc1nc2cccnc2n1C1CCCCS1. The van der Waals surface area contributed by atoms with E-state index in [4.69, 9.17) is 0 Å². The van der Waals surface area contributed by atoms with Gasteiger partial charge in [-0.3, -0.25) is 0 Å². The number of thioether (sulfide) groups is 1. The van der Waals surface area contributed by atoms with Gasteiger partial charge in [0.05, 0.1) is 5.37 Å². The van der Waals surface area contributed by atoms with Gasteiger partial charge in [-0.25, -0.2) is 9.97 Å². The first-order chi connectivity index (χ1) is 7.86. The van der Waals surface area contributed by atoms with E-state index in [-0.39, 0.29) is 0 Å². The van der Waals surface area contributed by atoms with Crippen molar-refractivity contribution in [3.63, 3.8) is 0 Å². The summed E-state index contributed by atoms with van der Waals surface area (Å²) < 4.78 is 2.30. The number of hydrogen-bond acceptors (Lipinski definition) is 3. The van der Waals surface area contributed by atoms with Crippen molar-refractivity contribution >= 4 is 22.9 Å². The molecule has 84 valence electrons. The molecule has 1 unspecified atom stereocenters. The standard InChI is InChI=1S/C12H15N3S/c1-9-14-10-5-4-7-13-12(10)15(9)11-6-2-3-8-16-11/h4-5,7,11H,2-3,6,8H2,1H3. The molecular weight excluding hydrogens is 218 g/mol. The van der Waals surface area contributed by atoms with E-state index in [9.17, 15) is 0 Å². The van der Waals surface area contributed by atoms with Crippen LogP contribution in [0.2, 0.25) is 0 Å². The largest absolute Gasteiger partial charge is 0.300 e. The number of aryl methyl sites for hydroxylation is 1. The van der Waals surface area contributed by atoms with E-state index in [0.29, 0.717) is 5.37 Å². The summed E-state index contributed by atoms with van der Waals surface area (Å²) in [5.41, 5.74) is 2.06. The summed E-state index contributed by atoms with van der Waals surface area (Å²) in [6.07, 6.45) is 5.77. The van der Waals surface area contributed by atoms with E-state index in [2.05, 4.69) is 21.5 Å². The molecule has 1 atom stereocenters. The van der Waals surface area contributed by atoms with Gasteiger partial charge in [0.25, 0.3) is 0 Å². The minimum absolute atomic E-state index is 0.536. The molecule has 16 heavy (non-hydrogen) atoms. The highest BCUT2D eigenvalue weighted by molar-refractivity contribution is 7.99. The van der Waals surface area contributed by atoms with Gasteiger partial charge in [-0.05, 0) is 44.1 Å². The van der Waals surface area contributed by atoms with Crippen molar-refractivity contribution in [1.82, 2.24) is 14.5 Å². The molecule has 1 aliphatic heterocycles. The highest BCUT2D eigenvalue weighted by atomic mass is 32.2. The third kappa shape index (κ3) is 1.61. The lowest BCUT2D eigenvalue weighted by atomic mass is 10.2. The van der Waals surface area contributed by atoms with Crippen LogP contribution in [0.3, 0.4) is 0 Å². The molecule has 3 heterocycles. The Morgan fingerprint density at radius 3 is 3.19 bits per heavy atom. The number of hydrogen-bond donors (Lipinski definition) is 0.